The fourth-order valence-electron chi connectivity index (χ4n) is 1.40. The van der Waals surface area contributed by atoms with Crippen LogP contribution in [0.1, 0.15) is 5.56 Å². The Bertz CT molecular complexity index is 309. The fourth-order valence-corrected chi connectivity index (χ4v) is 1.40. The molecule has 3 heteroatoms. The van der Waals surface area contributed by atoms with Crippen LogP contribution in [-0.4, -0.2) is 18.4 Å². The van der Waals surface area contributed by atoms with E-state index >= 15 is 0 Å². The highest BCUT2D eigenvalue weighted by Crippen LogP contribution is 2.26. The van der Waals surface area contributed by atoms with Crippen molar-refractivity contribution in [3.8, 4) is 0 Å². The Hall–Kier alpha value is -1.35. The minimum Gasteiger partial charge on any atom is -0.412 e. The third kappa shape index (κ3) is 1.08. The Kier molecular flexibility index (Phi) is 2.15. The van der Waals surface area contributed by atoms with Gasteiger partial charge in [0.25, 0.3) is 0 Å². The first-order chi connectivity index (χ1) is 5.29. The average molecular weight is 165 g/mol. The third-order valence-corrected chi connectivity index (χ3v) is 2.07. The molecule has 1 heterocycles. The van der Waals surface area contributed by atoms with Gasteiger partial charge in [-0.1, -0.05) is 18.2 Å². The standard InChI is InChI=1S/C9H9NO.H2O/c1-10-8-5-3-2-4-7(8)6-9(10)11;/h2-5H,6H2,1H3;1H2. The second-order valence-corrected chi connectivity index (χ2v) is 2.76. The van der Waals surface area contributed by atoms with Crippen LogP contribution in [-0.2, 0) is 11.2 Å². The van der Waals surface area contributed by atoms with E-state index in [0.29, 0.717) is 6.42 Å². The van der Waals surface area contributed by atoms with Gasteiger partial charge < -0.3 is 10.4 Å². The van der Waals surface area contributed by atoms with Crippen LogP contribution in [0.5, 0.6) is 0 Å². The summed E-state index contributed by atoms with van der Waals surface area (Å²) in [5.41, 5.74) is 2.19. The molecule has 0 saturated heterocycles. The zero-order valence-corrected chi connectivity index (χ0v) is 6.87. The number of fused-ring (bicyclic) bond motifs is 1. The molecule has 2 N–H and O–H groups in total. The van der Waals surface area contributed by atoms with Gasteiger partial charge in [-0.15, -0.1) is 0 Å². The van der Waals surface area contributed by atoms with Gasteiger partial charge in [-0.3, -0.25) is 4.79 Å². The van der Waals surface area contributed by atoms with Crippen LogP contribution in [0.3, 0.4) is 0 Å². The van der Waals surface area contributed by atoms with Crippen LogP contribution in [0.15, 0.2) is 24.3 Å². The maximum atomic E-state index is 11.2. The summed E-state index contributed by atoms with van der Waals surface area (Å²) < 4.78 is 0. The largest absolute Gasteiger partial charge is 0.412 e. The van der Waals surface area contributed by atoms with E-state index in [2.05, 4.69) is 0 Å². The Morgan fingerprint density at radius 2 is 2.00 bits per heavy atom. The van der Waals surface area contributed by atoms with Gasteiger partial charge in [-0.05, 0) is 11.6 Å². The van der Waals surface area contributed by atoms with Crippen LogP contribution in [0.4, 0.5) is 5.69 Å². The van der Waals surface area contributed by atoms with Crippen molar-refractivity contribution < 1.29 is 10.3 Å². The summed E-state index contributed by atoms with van der Waals surface area (Å²) in [5.74, 6) is 0.186. The third-order valence-electron chi connectivity index (χ3n) is 2.07. The van der Waals surface area contributed by atoms with Crippen molar-refractivity contribution in [3.05, 3.63) is 29.8 Å². The fraction of sp³-hybridized carbons (Fsp3) is 0.222. The SMILES string of the molecule is CN1C(=O)Cc2ccccc21.O. The predicted molar refractivity (Wildman–Crippen MR) is 47.2 cm³/mol. The maximum Gasteiger partial charge on any atom is 0.231 e. The van der Waals surface area contributed by atoms with Gasteiger partial charge >= 0.3 is 0 Å². The first-order valence-electron chi connectivity index (χ1n) is 3.63. The molecule has 1 aliphatic rings. The summed E-state index contributed by atoms with van der Waals surface area (Å²) in [6.07, 6.45) is 0.562. The Morgan fingerprint density at radius 3 is 2.67 bits per heavy atom. The highest BCUT2D eigenvalue weighted by molar-refractivity contribution is 6.00. The average Bonchev–Trinajstić information content (AvgIpc) is 2.30. The molecule has 0 aromatic heterocycles. The van der Waals surface area contributed by atoms with Crippen LogP contribution < -0.4 is 4.90 Å². The molecule has 1 aliphatic heterocycles. The quantitative estimate of drug-likeness (QED) is 0.548. The normalized spacial score (nSPS) is 14.1. The predicted octanol–water partition coefficient (Wildman–Crippen LogP) is 0.381. The van der Waals surface area contributed by atoms with Crippen molar-refractivity contribution in [3.63, 3.8) is 0 Å². The Morgan fingerprint density at radius 1 is 1.33 bits per heavy atom. The van der Waals surface area contributed by atoms with Gasteiger partial charge in [-0.2, -0.15) is 0 Å². The first kappa shape index (κ1) is 8.74. The lowest BCUT2D eigenvalue weighted by Crippen LogP contribution is -2.20. The summed E-state index contributed by atoms with van der Waals surface area (Å²) in [7, 11) is 1.81. The van der Waals surface area contributed by atoms with Crippen LogP contribution >= 0.6 is 0 Å². The summed E-state index contributed by atoms with van der Waals surface area (Å²) in [5, 5.41) is 0. The minimum atomic E-state index is 0. The van der Waals surface area contributed by atoms with Crippen LogP contribution in [0.25, 0.3) is 0 Å². The van der Waals surface area contributed by atoms with Crippen molar-refractivity contribution in [2.75, 3.05) is 11.9 Å². The number of nitrogens with zero attached hydrogens (tertiary/aromatic N) is 1. The van der Waals surface area contributed by atoms with Crippen molar-refractivity contribution in [2.45, 2.75) is 6.42 Å². The molecule has 2 rings (SSSR count). The van der Waals surface area contributed by atoms with Gasteiger partial charge in [-0.25, -0.2) is 0 Å². The molecule has 0 radical (unpaired) electrons. The number of hydrogen-bond acceptors (Lipinski definition) is 1. The molecule has 0 bridgehead atoms. The van der Waals surface area contributed by atoms with E-state index in [1.807, 2.05) is 31.3 Å². The number of anilines is 1. The van der Waals surface area contributed by atoms with Crippen LogP contribution in [0.2, 0.25) is 0 Å². The summed E-state index contributed by atoms with van der Waals surface area (Å²) in [6.45, 7) is 0. The molecular weight excluding hydrogens is 154 g/mol. The van der Waals surface area contributed by atoms with Gasteiger partial charge in [0.05, 0.1) is 6.42 Å². The van der Waals surface area contributed by atoms with E-state index < -0.39 is 0 Å². The number of carbonyl (C=O) groups is 1. The zero-order chi connectivity index (χ0) is 7.84. The molecule has 64 valence electrons. The van der Waals surface area contributed by atoms with E-state index in [1.54, 1.807) is 4.90 Å². The summed E-state index contributed by atoms with van der Waals surface area (Å²) >= 11 is 0. The van der Waals surface area contributed by atoms with Gasteiger partial charge in [0.2, 0.25) is 5.91 Å². The Labute approximate surface area is 70.9 Å². The maximum absolute atomic E-state index is 11.2. The van der Waals surface area contributed by atoms with Gasteiger partial charge in [0.1, 0.15) is 0 Å². The number of likely N-dealkylation sites (N-methyl/N-ethyl adjacent to an activating group) is 1. The molecule has 0 atom stereocenters. The lowest BCUT2D eigenvalue weighted by molar-refractivity contribution is -0.117. The molecule has 12 heavy (non-hydrogen) atoms. The molecule has 0 aliphatic carbocycles. The van der Waals surface area contributed by atoms with Gasteiger partial charge in [0, 0.05) is 12.7 Å². The number of para-hydroxylation sites is 1. The van der Waals surface area contributed by atoms with Crippen molar-refractivity contribution in [1.82, 2.24) is 0 Å². The van der Waals surface area contributed by atoms with E-state index in [9.17, 15) is 4.79 Å². The first-order valence-corrected chi connectivity index (χ1v) is 3.63. The molecule has 0 saturated carbocycles. The second kappa shape index (κ2) is 2.95. The molecular formula is C9H11NO2. The molecule has 0 fully saturated rings. The molecule has 0 unspecified atom stereocenters. The van der Waals surface area contributed by atoms with E-state index in [0.717, 1.165) is 11.3 Å². The lowest BCUT2D eigenvalue weighted by atomic mass is 10.2. The number of amides is 1. The second-order valence-electron chi connectivity index (χ2n) is 2.76. The van der Waals surface area contributed by atoms with Crippen molar-refractivity contribution in [1.29, 1.82) is 0 Å². The monoisotopic (exact) mass is 165 g/mol. The topological polar surface area (TPSA) is 51.8 Å². The number of hydrogen-bond donors (Lipinski definition) is 0. The smallest absolute Gasteiger partial charge is 0.231 e. The zero-order valence-electron chi connectivity index (χ0n) is 6.87. The Balaban J connectivity index is 0.000000720. The molecule has 1 aromatic rings. The highest BCUT2D eigenvalue weighted by atomic mass is 16.2. The number of carbonyl (C=O) groups excluding carboxylic acids is 1. The van der Waals surface area contributed by atoms with E-state index in [-0.39, 0.29) is 11.4 Å². The van der Waals surface area contributed by atoms with Crippen molar-refractivity contribution in [2.24, 2.45) is 0 Å². The molecule has 0 spiro atoms. The van der Waals surface area contributed by atoms with Gasteiger partial charge in [0.15, 0.2) is 0 Å². The molecule has 1 amide bonds. The van der Waals surface area contributed by atoms with E-state index in [1.165, 1.54) is 0 Å². The van der Waals surface area contributed by atoms with E-state index in [4.69, 9.17) is 0 Å². The lowest BCUT2D eigenvalue weighted by Gasteiger charge is -2.08. The minimum absolute atomic E-state index is 0. The number of rotatable bonds is 0. The molecule has 1 aromatic carbocycles. The highest BCUT2D eigenvalue weighted by Gasteiger charge is 2.22. The number of benzene rings is 1. The van der Waals surface area contributed by atoms with Crippen LogP contribution in [0, 0.1) is 0 Å². The summed E-state index contributed by atoms with van der Waals surface area (Å²) in [4.78, 5) is 12.9. The summed E-state index contributed by atoms with van der Waals surface area (Å²) in [6, 6.07) is 7.89. The molecule has 3 nitrogen and oxygen atoms in total. The van der Waals surface area contributed by atoms with Crippen molar-refractivity contribution >= 4 is 11.6 Å².